The van der Waals surface area contributed by atoms with Crippen LogP contribution in [0, 0.1) is 0 Å². The average Bonchev–Trinajstić information content (AvgIpc) is 2.75. The minimum Gasteiger partial charge on any atom is -0.481 e. The van der Waals surface area contributed by atoms with Crippen LogP contribution in [0.2, 0.25) is 0 Å². The van der Waals surface area contributed by atoms with Crippen LogP contribution in [0.25, 0.3) is 6.08 Å². The normalized spacial score (nSPS) is 12.7. The highest BCUT2D eigenvalue weighted by atomic mass is 16.7. The van der Waals surface area contributed by atoms with Crippen molar-refractivity contribution in [1.82, 2.24) is 0 Å². The second-order valence-electron chi connectivity index (χ2n) is 3.98. The molecule has 0 saturated carbocycles. The molecule has 0 unspecified atom stereocenters. The summed E-state index contributed by atoms with van der Waals surface area (Å²) in [7, 11) is 0. The number of benzene rings is 1. The number of nitrogens with one attached hydrogen (secondary N) is 1. The van der Waals surface area contributed by atoms with E-state index in [9.17, 15) is 9.59 Å². The molecule has 0 aliphatic carbocycles. The fourth-order valence-corrected chi connectivity index (χ4v) is 1.72. The smallest absolute Gasteiger partial charge is 0.307 e. The summed E-state index contributed by atoms with van der Waals surface area (Å²) in [5, 5.41) is 11.2. The highest BCUT2D eigenvalue weighted by molar-refractivity contribution is 5.90. The Labute approximate surface area is 109 Å². The van der Waals surface area contributed by atoms with Gasteiger partial charge in [0, 0.05) is 24.2 Å². The Kier molecular flexibility index (Phi) is 3.70. The summed E-state index contributed by atoms with van der Waals surface area (Å²) in [6.07, 6.45) is 3.06. The molecule has 1 aliphatic heterocycles. The van der Waals surface area contributed by atoms with Crippen LogP contribution in [0.1, 0.15) is 18.9 Å². The summed E-state index contributed by atoms with van der Waals surface area (Å²) in [5.74, 6) is -0.0284. The molecule has 19 heavy (non-hydrogen) atoms. The third-order valence-corrected chi connectivity index (χ3v) is 2.41. The second kappa shape index (κ2) is 5.43. The first-order chi connectivity index (χ1) is 9.06. The van der Waals surface area contributed by atoms with E-state index in [0.717, 1.165) is 0 Å². The largest absolute Gasteiger partial charge is 0.481 e. The van der Waals surface area contributed by atoms with Crippen LogP contribution in [-0.4, -0.2) is 23.8 Å². The second-order valence-corrected chi connectivity index (χ2v) is 3.98. The molecule has 1 aliphatic rings. The van der Waals surface area contributed by atoms with Crippen molar-refractivity contribution in [3.05, 3.63) is 23.8 Å². The summed E-state index contributed by atoms with van der Waals surface area (Å²) in [6, 6.07) is 3.37. The molecule has 2 N–H and O–H groups in total. The number of fused-ring (bicyclic) bond motifs is 1. The Morgan fingerprint density at radius 3 is 2.89 bits per heavy atom. The summed E-state index contributed by atoms with van der Waals surface area (Å²) in [5.41, 5.74) is 1.24. The SMILES string of the molecule is CC(=O)Nc1cc(C=CCC(=O)O)c2c(c1)OCO2. The lowest BCUT2D eigenvalue weighted by molar-refractivity contribution is -0.136. The minimum atomic E-state index is -0.914. The molecule has 0 saturated heterocycles. The Hall–Kier alpha value is -2.50. The third-order valence-electron chi connectivity index (χ3n) is 2.41. The van der Waals surface area contributed by atoms with Crippen LogP contribution in [0.4, 0.5) is 5.69 Å². The van der Waals surface area contributed by atoms with Crippen molar-refractivity contribution < 1.29 is 24.2 Å². The van der Waals surface area contributed by atoms with Crippen LogP contribution in [0.5, 0.6) is 11.5 Å². The average molecular weight is 263 g/mol. The van der Waals surface area contributed by atoms with Gasteiger partial charge in [0.15, 0.2) is 11.5 Å². The van der Waals surface area contributed by atoms with Crippen LogP contribution in [-0.2, 0) is 9.59 Å². The monoisotopic (exact) mass is 263 g/mol. The number of ether oxygens (including phenoxy) is 2. The maximum absolute atomic E-state index is 11.0. The molecule has 0 radical (unpaired) electrons. The molecule has 100 valence electrons. The lowest BCUT2D eigenvalue weighted by Gasteiger charge is -2.06. The highest BCUT2D eigenvalue weighted by Gasteiger charge is 2.18. The Balaban J connectivity index is 2.30. The number of hydrogen-bond donors (Lipinski definition) is 2. The van der Waals surface area contributed by atoms with Gasteiger partial charge in [-0.3, -0.25) is 9.59 Å². The summed E-state index contributed by atoms with van der Waals surface area (Å²) in [4.78, 5) is 21.5. The van der Waals surface area contributed by atoms with Gasteiger partial charge in [0.2, 0.25) is 12.7 Å². The van der Waals surface area contributed by atoms with Gasteiger partial charge in [-0.25, -0.2) is 0 Å². The number of carbonyl (C=O) groups is 2. The Bertz CT molecular complexity index is 550. The van der Waals surface area contributed by atoms with Crippen molar-refractivity contribution in [3.63, 3.8) is 0 Å². The molecule has 0 fully saturated rings. The van der Waals surface area contributed by atoms with E-state index in [0.29, 0.717) is 22.7 Å². The standard InChI is InChI=1S/C13H13NO5/c1-8(15)14-10-5-9(3-2-4-12(16)17)13-11(6-10)18-7-19-13/h2-3,5-6H,4,7H2,1H3,(H,14,15)(H,16,17). The number of amides is 1. The predicted molar refractivity (Wildman–Crippen MR) is 68.2 cm³/mol. The van der Waals surface area contributed by atoms with Crippen LogP contribution < -0.4 is 14.8 Å². The van der Waals surface area contributed by atoms with Gasteiger partial charge in [0.1, 0.15) is 0 Å². The van der Waals surface area contributed by atoms with E-state index >= 15 is 0 Å². The molecule has 1 aromatic carbocycles. The van der Waals surface area contributed by atoms with Gasteiger partial charge >= 0.3 is 5.97 Å². The quantitative estimate of drug-likeness (QED) is 0.866. The van der Waals surface area contributed by atoms with Gasteiger partial charge in [-0.1, -0.05) is 12.2 Å². The first kappa shape index (κ1) is 12.9. The maximum atomic E-state index is 11.0. The van der Waals surface area contributed by atoms with E-state index in [4.69, 9.17) is 14.6 Å². The number of carboxylic acids is 1. The molecule has 6 nitrogen and oxygen atoms in total. The van der Waals surface area contributed by atoms with Crippen molar-refractivity contribution in [2.75, 3.05) is 12.1 Å². The molecular weight excluding hydrogens is 250 g/mol. The van der Waals surface area contributed by atoms with Gasteiger partial charge in [-0.15, -0.1) is 0 Å². The zero-order valence-corrected chi connectivity index (χ0v) is 10.3. The Morgan fingerprint density at radius 2 is 2.21 bits per heavy atom. The Morgan fingerprint density at radius 1 is 1.42 bits per heavy atom. The minimum absolute atomic E-state index is 0.0833. The first-order valence-electron chi connectivity index (χ1n) is 5.66. The molecule has 2 rings (SSSR count). The third kappa shape index (κ3) is 3.25. The molecule has 0 bridgehead atoms. The van der Waals surface area contributed by atoms with Crippen LogP contribution in [0.15, 0.2) is 18.2 Å². The highest BCUT2D eigenvalue weighted by Crippen LogP contribution is 2.39. The molecule has 0 atom stereocenters. The van der Waals surface area contributed by atoms with Crippen molar-refractivity contribution in [1.29, 1.82) is 0 Å². The first-order valence-corrected chi connectivity index (χ1v) is 5.66. The van der Waals surface area contributed by atoms with Crippen molar-refractivity contribution in [3.8, 4) is 11.5 Å². The fraction of sp³-hybridized carbons (Fsp3) is 0.231. The van der Waals surface area contributed by atoms with E-state index < -0.39 is 5.97 Å². The van der Waals surface area contributed by atoms with Crippen molar-refractivity contribution in [2.45, 2.75) is 13.3 Å². The summed E-state index contributed by atoms with van der Waals surface area (Å²) < 4.78 is 10.6. The number of rotatable bonds is 4. The number of carboxylic acid groups (broad SMARTS) is 1. The lowest BCUT2D eigenvalue weighted by Crippen LogP contribution is -2.05. The molecule has 1 aromatic rings. The van der Waals surface area contributed by atoms with Crippen LogP contribution >= 0.6 is 0 Å². The molecule has 1 heterocycles. The topological polar surface area (TPSA) is 84.9 Å². The summed E-state index contributed by atoms with van der Waals surface area (Å²) in [6.45, 7) is 1.52. The van der Waals surface area contributed by atoms with Gasteiger partial charge in [0.25, 0.3) is 0 Å². The van der Waals surface area contributed by atoms with Gasteiger partial charge in [-0.05, 0) is 6.07 Å². The van der Waals surface area contributed by atoms with Crippen molar-refractivity contribution in [2.24, 2.45) is 0 Å². The van der Waals surface area contributed by atoms with Gasteiger partial charge in [0.05, 0.1) is 6.42 Å². The zero-order chi connectivity index (χ0) is 13.8. The molecular formula is C13H13NO5. The van der Waals surface area contributed by atoms with Gasteiger partial charge in [-0.2, -0.15) is 0 Å². The van der Waals surface area contributed by atoms with E-state index in [1.165, 1.54) is 13.0 Å². The van der Waals surface area contributed by atoms with Crippen molar-refractivity contribution >= 4 is 23.6 Å². The summed E-state index contributed by atoms with van der Waals surface area (Å²) >= 11 is 0. The molecule has 6 heteroatoms. The van der Waals surface area contributed by atoms with E-state index in [1.807, 2.05) is 0 Å². The number of carbonyl (C=O) groups excluding carboxylic acids is 1. The molecule has 0 spiro atoms. The molecule has 1 amide bonds. The maximum Gasteiger partial charge on any atom is 0.307 e. The number of hydrogen-bond acceptors (Lipinski definition) is 4. The van der Waals surface area contributed by atoms with Crippen LogP contribution in [0.3, 0.4) is 0 Å². The lowest BCUT2D eigenvalue weighted by atomic mass is 10.1. The number of aliphatic carboxylic acids is 1. The zero-order valence-electron chi connectivity index (χ0n) is 10.3. The van der Waals surface area contributed by atoms with E-state index in [2.05, 4.69) is 5.32 Å². The van der Waals surface area contributed by atoms with Gasteiger partial charge < -0.3 is 19.9 Å². The molecule has 0 aromatic heterocycles. The number of anilines is 1. The fourth-order valence-electron chi connectivity index (χ4n) is 1.72. The predicted octanol–water partition coefficient (Wildman–Crippen LogP) is 1.86. The van der Waals surface area contributed by atoms with E-state index in [-0.39, 0.29) is 19.1 Å². The van der Waals surface area contributed by atoms with E-state index in [1.54, 1.807) is 18.2 Å².